The summed E-state index contributed by atoms with van der Waals surface area (Å²) in [4.78, 5) is 17.3. The molecule has 0 N–H and O–H groups in total. The van der Waals surface area contributed by atoms with Gasteiger partial charge in [0, 0.05) is 19.1 Å². The fourth-order valence-electron chi connectivity index (χ4n) is 4.06. The lowest BCUT2D eigenvalue weighted by atomic mass is 10.0. The van der Waals surface area contributed by atoms with Crippen molar-refractivity contribution in [1.29, 1.82) is 0 Å². The highest BCUT2D eigenvalue weighted by atomic mass is 16.5. The van der Waals surface area contributed by atoms with Crippen LogP contribution in [0.1, 0.15) is 56.6 Å². The summed E-state index contributed by atoms with van der Waals surface area (Å²) in [6, 6.07) is 6.82. The molecule has 1 amide bonds. The van der Waals surface area contributed by atoms with E-state index < -0.39 is 0 Å². The molecule has 1 unspecified atom stereocenters. The summed E-state index contributed by atoms with van der Waals surface area (Å²) in [6.07, 6.45) is 4.94. The Morgan fingerprint density at radius 2 is 1.96 bits per heavy atom. The van der Waals surface area contributed by atoms with E-state index in [0.717, 1.165) is 25.3 Å². The van der Waals surface area contributed by atoms with E-state index in [4.69, 9.17) is 4.74 Å². The minimum atomic E-state index is 0.125. The smallest absolute Gasteiger partial charge is 0.260 e. The van der Waals surface area contributed by atoms with E-state index in [9.17, 15) is 4.79 Å². The molecule has 1 atom stereocenters. The van der Waals surface area contributed by atoms with Gasteiger partial charge >= 0.3 is 0 Å². The van der Waals surface area contributed by atoms with Crippen LogP contribution in [0.4, 0.5) is 0 Å². The molecule has 2 aliphatic rings. The molecule has 138 valence electrons. The van der Waals surface area contributed by atoms with Gasteiger partial charge in [-0.1, -0.05) is 26.0 Å². The number of likely N-dealkylation sites (tertiary alicyclic amines) is 2. The second-order valence-corrected chi connectivity index (χ2v) is 7.86. The predicted molar refractivity (Wildman–Crippen MR) is 101 cm³/mol. The number of carbonyl (C=O) groups excluding carboxylic acids is 1. The summed E-state index contributed by atoms with van der Waals surface area (Å²) in [7, 11) is 0. The number of piperidine rings is 1. The summed E-state index contributed by atoms with van der Waals surface area (Å²) in [6.45, 7) is 10.7. The molecule has 4 nitrogen and oxygen atoms in total. The SMILES string of the molecule is Cc1ccc(C(C)C)c(OCC(=O)N2CCCC(N3CCCC3)C2)c1. The average Bonchev–Trinajstić information content (AvgIpc) is 3.14. The van der Waals surface area contributed by atoms with Crippen LogP contribution in [0.25, 0.3) is 0 Å². The maximum absolute atomic E-state index is 12.7. The van der Waals surface area contributed by atoms with Crippen LogP contribution in [-0.2, 0) is 4.79 Å². The quantitative estimate of drug-likeness (QED) is 0.818. The minimum Gasteiger partial charge on any atom is -0.483 e. The lowest BCUT2D eigenvalue weighted by Gasteiger charge is -2.37. The number of hydrogen-bond acceptors (Lipinski definition) is 3. The van der Waals surface area contributed by atoms with Gasteiger partial charge in [0.15, 0.2) is 6.61 Å². The summed E-state index contributed by atoms with van der Waals surface area (Å²) in [5.41, 5.74) is 2.34. The maximum atomic E-state index is 12.7. The van der Waals surface area contributed by atoms with Crippen LogP contribution >= 0.6 is 0 Å². The van der Waals surface area contributed by atoms with Crippen LogP contribution in [0.5, 0.6) is 5.75 Å². The number of hydrogen-bond donors (Lipinski definition) is 0. The second-order valence-electron chi connectivity index (χ2n) is 7.86. The molecular formula is C21H32N2O2. The van der Waals surface area contributed by atoms with Gasteiger partial charge in [-0.25, -0.2) is 0 Å². The highest BCUT2D eigenvalue weighted by molar-refractivity contribution is 5.78. The average molecular weight is 344 g/mol. The Labute approximate surface area is 152 Å². The van der Waals surface area contributed by atoms with Crippen molar-refractivity contribution in [2.24, 2.45) is 0 Å². The highest BCUT2D eigenvalue weighted by Crippen LogP contribution is 2.27. The van der Waals surface area contributed by atoms with Gasteiger partial charge < -0.3 is 9.64 Å². The molecule has 1 aromatic rings. The number of nitrogens with zero attached hydrogens (tertiary/aromatic N) is 2. The van der Waals surface area contributed by atoms with Crippen molar-refractivity contribution in [2.75, 3.05) is 32.8 Å². The van der Waals surface area contributed by atoms with Gasteiger partial charge in [0.25, 0.3) is 5.91 Å². The monoisotopic (exact) mass is 344 g/mol. The Kier molecular flexibility index (Phi) is 6.00. The topological polar surface area (TPSA) is 32.8 Å². The molecule has 0 saturated carbocycles. The molecule has 2 saturated heterocycles. The molecule has 0 radical (unpaired) electrons. The van der Waals surface area contributed by atoms with Crippen molar-refractivity contribution in [3.8, 4) is 5.75 Å². The number of carbonyl (C=O) groups is 1. The van der Waals surface area contributed by atoms with Crippen LogP contribution in [-0.4, -0.2) is 54.5 Å². The Hall–Kier alpha value is -1.55. The third kappa shape index (κ3) is 4.55. The first kappa shape index (κ1) is 18.2. The van der Waals surface area contributed by atoms with Gasteiger partial charge in [0.2, 0.25) is 0 Å². The summed E-state index contributed by atoms with van der Waals surface area (Å²) < 4.78 is 5.95. The molecule has 0 aromatic heterocycles. The van der Waals surface area contributed by atoms with Crippen LogP contribution in [0.3, 0.4) is 0 Å². The van der Waals surface area contributed by atoms with Gasteiger partial charge in [-0.05, 0) is 68.8 Å². The lowest BCUT2D eigenvalue weighted by molar-refractivity contribution is -0.135. The van der Waals surface area contributed by atoms with Crippen LogP contribution < -0.4 is 4.74 Å². The molecule has 2 aliphatic heterocycles. The van der Waals surface area contributed by atoms with E-state index in [1.54, 1.807) is 0 Å². The minimum absolute atomic E-state index is 0.125. The molecule has 0 aliphatic carbocycles. The number of rotatable bonds is 5. The van der Waals surface area contributed by atoms with E-state index in [1.165, 1.54) is 43.5 Å². The number of aryl methyl sites for hydroxylation is 1. The van der Waals surface area contributed by atoms with Crippen molar-refractivity contribution in [2.45, 2.75) is 58.4 Å². The Balaban J connectivity index is 1.58. The van der Waals surface area contributed by atoms with Crippen LogP contribution in [0.15, 0.2) is 18.2 Å². The van der Waals surface area contributed by atoms with Crippen molar-refractivity contribution in [3.05, 3.63) is 29.3 Å². The summed E-state index contributed by atoms with van der Waals surface area (Å²) >= 11 is 0. The molecule has 1 aromatic carbocycles. The second kappa shape index (κ2) is 8.22. The molecular weight excluding hydrogens is 312 g/mol. The highest BCUT2D eigenvalue weighted by Gasteiger charge is 2.29. The fraction of sp³-hybridized carbons (Fsp3) is 0.667. The van der Waals surface area contributed by atoms with Crippen molar-refractivity contribution in [3.63, 3.8) is 0 Å². The standard InChI is InChI=1S/C21H32N2O2/c1-16(2)19-9-8-17(3)13-20(19)25-15-21(24)23-12-6-7-18(14-23)22-10-4-5-11-22/h8-9,13,16,18H,4-7,10-12,14-15H2,1-3H3. The Morgan fingerprint density at radius 1 is 1.20 bits per heavy atom. The van der Waals surface area contributed by atoms with E-state index in [1.807, 2.05) is 11.0 Å². The van der Waals surface area contributed by atoms with E-state index in [2.05, 4.69) is 37.8 Å². The number of benzene rings is 1. The van der Waals surface area contributed by atoms with Gasteiger partial charge in [0.1, 0.15) is 5.75 Å². The van der Waals surface area contributed by atoms with Gasteiger partial charge in [-0.15, -0.1) is 0 Å². The van der Waals surface area contributed by atoms with Crippen LogP contribution in [0, 0.1) is 6.92 Å². The first-order valence-corrected chi connectivity index (χ1v) is 9.80. The number of amides is 1. The molecule has 0 spiro atoms. The van der Waals surface area contributed by atoms with E-state index in [-0.39, 0.29) is 12.5 Å². The first-order valence-electron chi connectivity index (χ1n) is 9.80. The van der Waals surface area contributed by atoms with Crippen LogP contribution in [0.2, 0.25) is 0 Å². The van der Waals surface area contributed by atoms with Gasteiger partial charge in [0.05, 0.1) is 0 Å². The molecule has 0 bridgehead atoms. The zero-order chi connectivity index (χ0) is 17.8. The normalized spacial score (nSPS) is 21.8. The zero-order valence-electron chi connectivity index (χ0n) is 16.0. The number of ether oxygens (including phenoxy) is 1. The first-order chi connectivity index (χ1) is 12.0. The van der Waals surface area contributed by atoms with Gasteiger partial charge in [-0.3, -0.25) is 9.69 Å². The summed E-state index contributed by atoms with van der Waals surface area (Å²) in [5, 5.41) is 0. The maximum Gasteiger partial charge on any atom is 0.260 e. The third-order valence-electron chi connectivity index (χ3n) is 5.55. The van der Waals surface area contributed by atoms with E-state index in [0.29, 0.717) is 12.0 Å². The third-order valence-corrected chi connectivity index (χ3v) is 5.55. The Morgan fingerprint density at radius 3 is 2.68 bits per heavy atom. The largest absolute Gasteiger partial charge is 0.483 e. The summed E-state index contributed by atoms with van der Waals surface area (Å²) in [5.74, 6) is 1.37. The van der Waals surface area contributed by atoms with Crippen molar-refractivity contribution >= 4 is 5.91 Å². The van der Waals surface area contributed by atoms with Crippen molar-refractivity contribution < 1.29 is 9.53 Å². The molecule has 25 heavy (non-hydrogen) atoms. The lowest BCUT2D eigenvalue weighted by Crippen LogP contribution is -2.50. The van der Waals surface area contributed by atoms with Gasteiger partial charge in [-0.2, -0.15) is 0 Å². The predicted octanol–water partition coefficient (Wildman–Crippen LogP) is 3.58. The van der Waals surface area contributed by atoms with E-state index >= 15 is 0 Å². The molecule has 4 heteroatoms. The zero-order valence-corrected chi connectivity index (χ0v) is 16.0. The molecule has 2 heterocycles. The molecule has 2 fully saturated rings. The Bertz CT molecular complexity index is 594. The molecule has 3 rings (SSSR count). The fourth-order valence-corrected chi connectivity index (χ4v) is 4.06. The van der Waals surface area contributed by atoms with Crippen molar-refractivity contribution in [1.82, 2.24) is 9.80 Å².